The number of pyridine rings is 1. The number of hydrogen-bond acceptors (Lipinski definition) is 5. The van der Waals surface area contributed by atoms with Crippen molar-refractivity contribution in [3.63, 3.8) is 0 Å². The summed E-state index contributed by atoms with van der Waals surface area (Å²) >= 11 is 1.08. The van der Waals surface area contributed by atoms with Crippen molar-refractivity contribution in [1.29, 1.82) is 0 Å². The molecule has 0 saturated heterocycles. The van der Waals surface area contributed by atoms with E-state index in [2.05, 4.69) is 14.7 Å². The Morgan fingerprint density at radius 2 is 1.78 bits per heavy atom. The Kier molecular flexibility index (Phi) is 6.13. The third-order valence-corrected chi connectivity index (χ3v) is 4.83. The fourth-order valence-corrected chi connectivity index (χ4v) is 3.68. The Bertz CT molecular complexity index is 1040. The van der Waals surface area contributed by atoms with E-state index < -0.39 is 21.8 Å². The van der Waals surface area contributed by atoms with Gasteiger partial charge in [-0.25, -0.2) is 13.4 Å². The van der Waals surface area contributed by atoms with Gasteiger partial charge in [0.15, 0.2) is 0 Å². The zero-order valence-electron chi connectivity index (χ0n) is 13.7. The number of halogens is 4. The van der Waals surface area contributed by atoms with Crippen LogP contribution in [0.3, 0.4) is 0 Å². The summed E-state index contributed by atoms with van der Waals surface area (Å²) in [5.74, 6) is 0. The zero-order chi connectivity index (χ0) is 18.9. The molecule has 1 N–H and O–H groups in total. The molecule has 2 aromatic heterocycles. The van der Waals surface area contributed by atoms with E-state index in [0.717, 1.165) is 36.1 Å². The van der Waals surface area contributed by atoms with Crippen molar-refractivity contribution in [3.05, 3.63) is 53.7 Å². The molecule has 5 nitrogen and oxygen atoms in total. The summed E-state index contributed by atoms with van der Waals surface area (Å²) < 4.78 is 64.2. The van der Waals surface area contributed by atoms with Gasteiger partial charge in [0.1, 0.15) is 5.01 Å². The molecule has 27 heavy (non-hydrogen) atoms. The van der Waals surface area contributed by atoms with Gasteiger partial charge in [0, 0.05) is 34.6 Å². The van der Waals surface area contributed by atoms with Gasteiger partial charge in [-0.05, 0) is 18.2 Å². The molecule has 144 valence electrons. The third-order valence-electron chi connectivity index (χ3n) is 3.34. The van der Waals surface area contributed by atoms with Crippen molar-refractivity contribution in [3.8, 4) is 21.8 Å². The molecule has 1 aromatic carbocycles. The van der Waals surface area contributed by atoms with Gasteiger partial charge in [-0.1, -0.05) is 12.1 Å². The Hall–Kier alpha value is -2.17. The number of alkyl halides is 3. The average Bonchev–Trinajstić information content (AvgIpc) is 3.03. The quantitative estimate of drug-likeness (QED) is 0.645. The lowest BCUT2D eigenvalue weighted by Gasteiger charge is -2.09. The topological polar surface area (TPSA) is 72.0 Å². The van der Waals surface area contributed by atoms with Crippen LogP contribution in [0.15, 0.2) is 48.1 Å². The molecular formula is C16H13ClF3N3O2S2. The molecule has 0 atom stereocenters. The van der Waals surface area contributed by atoms with E-state index in [4.69, 9.17) is 0 Å². The van der Waals surface area contributed by atoms with Crippen molar-refractivity contribution in [2.75, 3.05) is 11.0 Å². The summed E-state index contributed by atoms with van der Waals surface area (Å²) in [6, 6.07) is 7.31. The highest BCUT2D eigenvalue weighted by molar-refractivity contribution is 7.92. The van der Waals surface area contributed by atoms with Crippen LogP contribution < -0.4 is 4.72 Å². The summed E-state index contributed by atoms with van der Waals surface area (Å²) in [6.07, 6.45) is -1.22. The number of hydrogen-bond donors (Lipinski definition) is 1. The number of aromatic nitrogens is 2. The van der Waals surface area contributed by atoms with Crippen molar-refractivity contribution in [1.82, 2.24) is 9.97 Å². The molecule has 0 radical (unpaired) electrons. The number of benzene rings is 1. The first-order valence-electron chi connectivity index (χ1n) is 7.19. The summed E-state index contributed by atoms with van der Waals surface area (Å²) in [6.45, 7) is 0. The van der Waals surface area contributed by atoms with Crippen molar-refractivity contribution >= 4 is 39.5 Å². The number of nitrogens with zero attached hydrogens (tertiary/aromatic N) is 2. The van der Waals surface area contributed by atoms with Crippen LogP contribution in [0.2, 0.25) is 0 Å². The van der Waals surface area contributed by atoms with Crippen LogP contribution in [0, 0.1) is 0 Å². The lowest BCUT2D eigenvalue weighted by molar-refractivity contribution is -0.137. The smallest absolute Gasteiger partial charge is 0.284 e. The fraction of sp³-hybridized carbons (Fsp3) is 0.125. The Morgan fingerprint density at radius 3 is 2.37 bits per heavy atom. The Balaban J connectivity index is 0.00000261. The predicted molar refractivity (Wildman–Crippen MR) is 101 cm³/mol. The van der Waals surface area contributed by atoms with Gasteiger partial charge in [-0.15, -0.1) is 23.7 Å². The van der Waals surface area contributed by atoms with Gasteiger partial charge in [0.25, 0.3) is 0 Å². The highest BCUT2D eigenvalue weighted by Gasteiger charge is 2.34. The van der Waals surface area contributed by atoms with Gasteiger partial charge in [-0.2, -0.15) is 13.2 Å². The number of thiazole rings is 1. The number of rotatable bonds is 4. The van der Waals surface area contributed by atoms with Crippen LogP contribution in [0.25, 0.3) is 21.8 Å². The standard InChI is InChI=1S/C16H12F3N3O2S2.ClH/c1-26(23,24)22-11-4-2-10(3-5-11)14-9-25-15(21-14)12-8-20-7-6-13(12)16(17,18)19;/h2-9,22H,1H3;1H. The zero-order valence-corrected chi connectivity index (χ0v) is 16.1. The van der Waals surface area contributed by atoms with Gasteiger partial charge in [0.2, 0.25) is 10.0 Å². The van der Waals surface area contributed by atoms with E-state index in [9.17, 15) is 21.6 Å². The minimum atomic E-state index is -4.50. The van der Waals surface area contributed by atoms with Gasteiger partial charge in [0.05, 0.1) is 17.5 Å². The molecule has 11 heteroatoms. The average molecular weight is 436 g/mol. The SMILES string of the molecule is CS(=O)(=O)Nc1ccc(-c2csc(-c3cnccc3C(F)(F)F)n2)cc1.Cl. The molecule has 3 rings (SSSR count). The molecule has 0 bridgehead atoms. The predicted octanol–water partition coefficient (Wildman–Crippen LogP) is 4.68. The Morgan fingerprint density at radius 1 is 1.11 bits per heavy atom. The summed E-state index contributed by atoms with van der Waals surface area (Å²) in [5, 5.41) is 1.85. The van der Waals surface area contributed by atoms with Gasteiger partial charge >= 0.3 is 6.18 Å². The summed E-state index contributed by atoms with van der Waals surface area (Å²) in [4.78, 5) is 8.03. The highest BCUT2D eigenvalue weighted by atomic mass is 35.5. The lowest BCUT2D eigenvalue weighted by atomic mass is 10.1. The molecule has 0 unspecified atom stereocenters. The van der Waals surface area contributed by atoms with Crippen LogP contribution in [0.1, 0.15) is 5.56 Å². The Labute approximate surface area is 163 Å². The van der Waals surface area contributed by atoms with Crippen LogP contribution in [0.4, 0.5) is 18.9 Å². The van der Waals surface area contributed by atoms with E-state index in [1.54, 1.807) is 29.6 Å². The second-order valence-electron chi connectivity index (χ2n) is 5.41. The largest absolute Gasteiger partial charge is 0.417 e. The first-order chi connectivity index (χ1) is 12.1. The molecule has 3 aromatic rings. The van der Waals surface area contributed by atoms with Crippen molar-refractivity contribution in [2.24, 2.45) is 0 Å². The molecule has 0 spiro atoms. The maximum Gasteiger partial charge on any atom is 0.417 e. The second kappa shape index (κ2) is 7.83. The number of anilines is 1. The van der Waals surface area contributed by atoms with E-state index in [1.807, 2.05) is 0 Å². The van der Waals surface area contributed by atoms with Gasteiger partial charge < -0.3 is 0 Å². The summed E-state index contributed by atoms with van der Waals surface area (Å²) in [5.41, 5.74) is 0.669. The van der Waals surface area contributed by atoms with Crippen molar-refractivity contribution < 1.29 is 21.6 Å². The maximum absolute atomic E-state index is 13.1. The van der Waals surface area contributed by atoms with Crippen LogP contribution in [0.5, 0.6) is 0 Å². The maximum atomic E-state index is 13.1. The van der Waals surface area contributed by atoms with E-state index in [-0.39, 0.29) is 23.0 Å². The molecule has 0 aliphatic heterocycles. The molecule has 0 amide bonds. The minimum absolute atomic E-state index is 0. The van der Waals surface area contributed by atoms with Crippen LogP contribution in [-0.2, 0) is 16.2 Å². The minimum Gasteiger partial charge on any atom is -0.284 e. The first-order valence-corrected chi connectivity index (χ1v) is 9.96. The van der Waals surface area contributed by atoms with Gasteiger partial charge in [-0.3, -0.25) is 9.71 Å². The fourth-order valence-electron chi connectivity index (χ4n) is 2.27. The van der Waals surface area contributed by atoms with Crippen LogP contribution in [-0.4, -0.2) is 24.6 Å². The second-order valence-corrected chi connectivity index (χ2v) is 8.02. The lowest BCUT2D eigenvalue weighted by Crippen LogP contribution is -2.09. The highest BCUT2D eigenvalue weighted by Crippen LogP contribution is 2.38. The monoisotopic (exact) mass is 435 g/mol. The number of nitrogens with one attached hydrogen (secondary N) is 1. The molecule has 0 aliphatic rings. The van der Waals surface area contributed by atoms with E-state index >= 15 is 0 Å². The molecule has 0 aliphatic carbocycles. The van der Waals surface area contributed by atoms with Crippen LogP contribution >= 0.6 is 23.7 Å². The number of sulfonamides is 1. The first kappa shape index (κ1) is 21.1. The third kappa shape index (κ3) is 5.18. The molecular weight excluding hydrogens is 423 g/mol. The normalized spacial score (nSPS) is 11.7. The molecule has 2 heterocycles. The summed E-state index contributed by atoms with van der Waals surface area (Å²) in [7, 11) is -3.38. The molecule has 0 saturated carbocycles. The van der Waals surface area contributed by atoms with Crippen molar-refractivity contribution in [2.45, 2.75) is 6.18 Å². The van der Waals surface area contributed by atoms with E-state index in [1.165, 1.54) is 0 Å². The molecule has 0 fully saturated rings. The van der Waals surface area contributed by atoms with E-state index in [0.29, 0.717) is 16.9 Å².